The standard InChI is InChI=1S/C16H12Cl2N4O2/c17-11-6-10(24-8-9-4-2-1-3-5-9)7-12(18)13(11)14-15(16(19)23)21-22-20-14/h1-7H,8H2,(H2,19,23)(H,20,21,22). The quantitative estimate of drug-likeness (QED) is 0.726. The second-order valence-corrected chi connectivity index (χ2v) is 5.74. The summed E-state index contributed by atoms with van der Waals surface area (Å²) >= 11 is 12.6. The number of amides is 1. The van der Waals surface area contributed by atoms with E-state index in [4.69, 9.17) is 33.7 Å². The number of benzene rings is 2. The zero-order valence-corrected chi connectivity index (χ0v) is 13.8. The number of aromatic amines is 1. The van der Waals surface area contributed by atoms with Crippen LogP contribution in [0.25, 0.3) is 11.3 Å². The normalized spacial score (nSPS) is 10.6. The van der Waals surface area contributed by atoms with Crippen LogP contribution >= 0.6 is 23.2 Å². The predicted octanol–water partition coefficient (Wildman–Crippen LogP) is 3.46. The lowest BCUT2D eigenvalue weighted by molar-refractivity contribution is 0.0996. The number of nitrogens with zero attached hydrogens (tertiary/aromatic N) is 2. The topological polar surface area (TPSA) is 93.9 Å². The smallest absolute Gasteiger partial charge is 0.271 e. The Balaban J connectivity index is 1.89. The number of rotatable bonds is 5. The number of ether oxygens (including phenoxy) is 1. The summed E-state index contributed by atoms with van der Waals surface area (Å²) in [5.74, 6) is -0.225. The summed E-state index contributed by atoms with van der Waals surface area (Å²) in [4.78, 5) is 11.4. The lowest BCUT2D eigenvalue weighted by Gasteiger charge is -2.10. The van der Waals surface area contributed by atoms with E-state index in [0.717, 1.165) is 5.56 Å². The molecule has 24 heavy (non-hydrogen) atoms. The number of nitrogens with one attached hydrogen (secondary N) is 1. The van der Waals surface area contributed by atoms with E-state index in [1.807, 2.05) is 30.3 Å². The van der Waals surface area contributed by atoms with Gasteiger partial charge in [0.05, 0.1) is 10.0 Å². The van der Waals surface area contributed by atoms with Crippen molar-refractivity contribution in [3.63, 3.8) is 0 Å². The Kier molecular flexibility index (Phi) is 4.69. The molecule has 0 saturated heterocycles. The number of hydrogen-bond donors (Lipinski definition) is 2. The number of carbonyl (C=O) groups excluding carboxylic acids is 1. The van der Waals surface area contributed by atoms with Crippen molar-refractivity contribution in [2.75, 3.05) is 0 Å². The maximum Gasteiger partial charge on any atom is 0.271 e. The molecule has 8 heteroatoms. The van der Waals surface area contributed by atoms with Crippen LogP contribution in [0, 0.1) is 0 Å². The van der Waals surface area contributed by atoms with E-state index in [1.54, 1.807) is 12.1 Å². The zero-order chi connectivity index (χ0) is 17.1. The van der Waals surface area contributed by atoms with Gasteiger partial charge in [-0.25, -0.2) is 0 Å². The second kappa shape index (κ2) is 6.90. The van der Waals surface area contributed by atoms with Crippen molar-refractivity contribution in [2.45, 2.75) is 6.61 Å². The first-order valence-corrected chi connectivity index (χ1v) is 7.68. The number of halogens is 2. The molecule has 0 bridgehead atoms. The average Bonchev–Trinajstić information content (AvgIpc) is 3.03. The third kappa shape index (κ3) is 3.34. The minimum atomic E-state index is -0.727. The van der Waals surface area contributed by atoms with Gasteiger partial charge in [-0.15, -0.1) is 0 Å². The number of hydrogen-bond acceptors (Lipinski definition) is 4. The van der Waals surface area contributed by atoms with E-state index in [-0.39, 0.29) is 21.4 Å². The minimum absolute atomic E-state index is 0.0308. The Morgan fingerprint density at radius 3 is 2.42 bits per heavy atom. The summed E-state index contributed by atoms with van der Waals surface area (Å²) in [6.07, 6.45) is 0. The molecule has 6 nitrogen and oxygen atoms in total. The third-order valence-electron chi connectivity index (χ3n) is 3.28. The van der Waals surface area contributed by atoms with Crippen molar-refractivity contribution in [2.24, 2.45) is 5.73 Å². The van der Waals surface area contributed by atoms with Gasteiger partial charge in [-0.3, -0.25) is 4.79 Å². The number of primary amides is 1. The summed E-state index contributed by atoms with van der Waals surface area (Å²) in [6, 6.07) is 12.9. The van der Waals surface area contributed by atoms with E-state index < -0.39 is 5.91 Å². The highest BCUT2D eigenvalue weighted by Gasteiger charge is 2.21. The highest BCUT2D eigenvalue weighted by Crippen LogP contribution is 2.38. The monoisotopic (exact) mass is 362 g/mol. The van der Waals surface area contributed by atoms with Crippen molar-refractivity contribution in [1.29, 1.82) is 0 Å². The molecule has 0 radical (unpaired) electrons. The Morgan fingerprint density at radius 2 is 1.79 bits per heavy atom. The molecule has 1 amide bonds. The molecule has 1 heterocycles. The molecule has 0 aliphatic heterocycles. The molecule has 122 valence electrons. The van der Waals surface area contributed by atoms with Gasteiger partial charge in [0.1, 0.15) is 18.1 Å². The van der Waals surface area contributed by atoms with Crippen molar-refractivity contribution in [3.05, 3.63) is 63.8 Å². The van der Waals surface area contributed by atoms with Crippen LogP contribution in [0.2, 0.25) is 10.0 Å². The Bertz CT molecular complexity index is 858. The lowest BCUT2D eigenvalue weighted by atomic mass is 10.1. The molecule has 0 spiro atoms. The van der Waals surface area contributed by atoms with Gasteiger partial charge in [0, 0.05) is 5.56 Å². The Morgan fingerprint density at radius 1 is 1.12 bits per heavy atom. The number of carbonyl (C=O) groups is 1. The molecular weight excluding hydrogens is 351 g/mol. The SMILES string of the molecule is NC(=O)c1n[nH]nc1-c1c(Cl)cc(OCc2ccccc2)cc1Cl. The van der Waals surface area contributed by atoms with Crippen LogP contribution in [0.15, 0.2) is 42.5 Å². The molecule has 0 saturated carbocycles. The van der Waals surface area contributed by atoms with Crippen LogP contribution in [-0.2, 0) is 6.61 Å². The fourth-order valence-electron chi connectivity index (χ4n) is 2.18. The third-order valence-corrected chi connectivity index (χ3v) is 3.88. The lowest BCUT2D eigenvalue weighted by Crippen LogP contribution is -2.13. The van der Waals surface area contributed by atoms with Gasteiger partial charge in [-0.05, 0) is 17.7 Å². The van der Waals surface area contributed by atoms with E-state index >= 15 is 0 Å². The molecule has 0 aliphatic rings. The highest BCUT2D eigenvalue weighted by atomic mass is 35.5. The molecule has 0 aliphatic carbocycles. The maximum absolute atomic E-state index is 11.4. The van der Waals surface area contributed by atoms with E-state index in [0.29, 0.717) is 17.9 Å². The number of H-pyrrole nitrogens is 1. The van der Waals surface area contributed by atoms with Crippen LogP contribution in [-0.4, -0.2) is 21.3 Å². The van der Waals surface area contributed by atoms with Crippen LogP contribution in [0.4, 0.5) is 0 Å². The first-order valence-electron chi connectivity index (χ1n) is 6.93. The summed E-state index contributed by atoms with van der Waals surface area (Å²) in [7, 11) is 0. The average molecular weight is 363 g/mol. The van der Waals surface area contributed by atoms with Crippen LogP contribution in [0.5, 0.6) is 5.75 Å². The van der Waals surface area contributed by atoms with Crippen molar-refractivity contribution in [3.8, 4) is 17.0 Å². The van der Waals surface area contributed by atoms with Crippen LogP contribution in [0.1, 0.15) is 16.1 Å². The van der Waals surface area contributed by atoms with Crippen molar-refractivity contribution in [1.82, 2.24) is 15.4 Å². The van der Waals surface area contributed by atoms with Crippen molar-refractivity contribution >= 4 is 29.1 Å². The molecule has 1 aromatic heterocycles. The van der Waals surface area contributed by atoms with Crippen molar-refractivity contribution < 1.29 is 9.53 Å². The number of nitrogens with two attached hydrogens (primary N) is 1. The summed E-state index contributed by atoms with van der Waals surface area (Å²) in [5.41, 5.74) is 6.82. The van der Waals surface area contributed by atoms with Gasteiger partial charge in [0.2, 0.25) is 0 Å². The van der Waals surface area contributed by atoms with Crippen LogP contribution < -0.4 is 10.5 Å². The van der Waals surface area contributed by atoms with E-state index in [9.17, 15) is 4.79 Å². The minimum Gasteiger partial charge on any atom is -0.489 e. The van der Waals surface area contributed by atoms with Gasteiger partial charge in [-0.1, -0.05) is 53.5 Å². The Labute approximate surface area is 147 Å². The molecule has 3 rings (SSSR count). The van der Waals surface area contributed by atoms with Gasteiger partial charge < -0.3 is 10.5 Å². The largest absolute Gasteiger partial charge is 0.489 e. The van der Waals surface area contributed by atoms with Gasteiger partial charge in [-0.2, -0.15) is 15.4 Å². The van der Waals surface area contributed by atoms with E-state index in [1.165, 1.54) is 0 Å². The summed E-state index contributed by atoms with van der Waals surface area (Å²) in [6.45, 7) is 0.378. The highest BCUT2D eigenvalue weighted by molar-refractivity contribution is 6.39. The fourth-order valence-corrected chi connectivity index (χ4v) is 2.82. The predicted molar refractivity (Wildman–Crippen MR) is 91.1 cm³/mol. The summed E-state index contributed by atoms with van der Waals surface area (Å²) < 4.78 is 5.70. The first kappa shape index (κ1) is 16.3. The van der Waals surface area contributed by atoms with Gasteiger partial charge in [0.15, 0.2) is 5.69 Å². The zero-order valence-electron chi connectivity index (χ0n) is 12.3. The molecule has 0 atom stereocenters. The molecule has 3 aromatic rings. The summed E-state index contributed by atoms with van der Waals surface area (Å²) in [5, 5.41) is 10.5. The van der Waals surface area contributed by atoms with Gasteiger partial charge in [0.25, 0.3) is 5.91 Å². The molecule has 2 aromatic carbocycles. The molecule has 3 N–H and O–H groups in total. The van der Waals surface area contributed by atoms with Gasteiger partial charge >= 0.3 is 0 Å². The molecule has 0 unspecified atom stereocenters. The second-order valence-electron chi connectivity index (χ2n) is 4.92. The fraction of sp³-hybridized carbons (Fsp3) is 0.0625. The maximum atomic E-state index is 11.4. The molecule has 0 fully saturated rings. The Hall–Kier alpha value is -2.57. The van der Waals surface area contributed by atoms with E-state index in [2.05, 4.69) is 15.4 Å². The molecular formula is C16H12Cl2N4O2. The number of aromatic nitrogens is 3. The van der Waals surface area contributed by atoms with Crippen LogP contribution in [0.3, 0.4) is 0 Å². The first-order chi connectivity index (χ1) is 11.6.